The van der Waals surface area contributed by atoms with Gasteiger partial charge in [0.2, 0.25) is 5.91 Å². The fourth-order valence-electron chi connectivity index (χ4n) is 6.35. The van der Waals surface area contributed by atoms with Gasteiger partial charge in [-0.2, -0.15) is 10.2 Å². The van der Waals surface area contributed by atoms with Crippen LogP contribution >= 0.6 is 11.6 Å². The van der Waals surface area contributed by atoms with Crippen LogP contribution in [0.15, 0.2) is 41.7 Å². The molecule has 3 aliphatic rings. The van der Waals surface area contributed by atoms with Crippen LogP contribution in [0.5, 0.6) is 5.75 Å². The number of carbonyl (C=O) groups excluding carboxylic acids is 1. The normalized spacial score (nSPS) is 20.0. The van der Waals surface area contributed by atoms with Crippen molar-refractivity contribution >= 4 is 34.2 Å². The molecule has 4 heterocycles. The van der Waals surface area contributed by atoms with Crippen LogP contribution in [-0.4, -0.2) is 77.2 Å². The minimum absolute atomic E-state index is 0.0579. The second kappa shape index (κ2) is 11.9. The van der Waals surface area contributed by atoms with Gasteiger partial charge in [-0.1, -0.05) is 18.2 Å². The maximum absolute atomic E-state index is 15.1. The lowest BCUT2D eigenvalue weighted by molar-refractivity contribution is -0.128. The van der Waals surface area contributed by atoms with E-state index in [-0.39, 0.29) is 53.4 Å². The molecule has 2 atom stereocenters. The molecule has 9 nitrogen and oxygen atoms in total. The van der Waals surface area contributed by atoms with Crippen LogP contribution in [0.3, 0.4) is 0 Å². The molecule has 0 N–H and O–H groups in total. The Morgan fingerprint density at radius 2 is 2.02 bits per heavy atom. The van der Waals surface area contributed by atoms with Crippen molar-refractivity contribution in [3.05, 3.63) is 64.1 Å². The van der Waals surface area contributed by atoms with Gasteiger partial charge in [-0.3, -0.25) is 9.36 Å². The van der Waals surface area contributed by atoms with Crippen LogP contribution in [0.2, 0.25) is 5.02 Å². The van der Waals surface area contributed by atoms with Crippen molar-refractivity contribution < 1.29 is 18.3 Å². The van der Waals surface area contributed by atoms with Gasteiger partial charge >= 0.3 is 5.69 Å². The van der Waals surface area contributed by atoms with Crippen molar-refractivity contribution in [2.24, 2.45) is 0 Å². The highest BCUT2D eigenvalue weighted by Crippen LogP contribution is 2.47. The molecule has 0 spiro atoms. The van der Waals surface area contributed by atoms with E-state index < -0.39 is 23.4 Å². The molecule has 2 saturated heterocycles. The molecule has 3 aliphatic heterocycles. The highest BCUT2D eigenvalue weighted by Gasteiger charge is 2.35. The van der Waals surface area contributed by atoms with Gasteiger partial charge in [-0.15, -0.1) is 0 Å². The van der Waals surface area contributed by atoms with E-state index in [0.717, 1.165) is 38.2 Å². The quantitative estimate of drug-likeness (QED) is 0.347. The highest BCUT2D eigenvalue weighted by molar-refractivity contribution is 6.35. The predicted molar refractivity (Wildman–Crippen MR) is 159 cm³/mol. The van der Waals surface area contributed by atoms with Crippen LogP contribution in [0.1, 0.15) is 31.7 Å². The Balaban J connectivity index is 1.48. The molecule has 224 valence electrons. The van der Waals surface area contributed by atoms with Crippen LogP contribution in [0.25, 0.3) is 22.0 Å². The number of piperazine rings is 1. The Bertz CT molecular complexity index is 1700. The second-order valence-electron chi connectivity index (χ2n) is 11.2. The van der Waals surface area contributed by atoms with Crippen LogP contribution < -0.4 is 15.3 Å². The number of halogens is 3. The summed E-state index contributed by atoms with van der Waals surface area (Å²) in [5.74, 6) is -1.21. The fourth-order valence-corrected chi connectivity index (χ4v) is 6.64. The van der Waals surface area contributed by atoms with Gasteiger partial charge in [0.25, 0.3) is 0 Å². The molecule has 0 saturated carbocycles. The monoisotopic (exact) mass is 608 g/mol. The number of ether oxygens (including phenoxy) is 1. The summed E-state index contributed by atoms with van der Waals surface area (Å²) in [7, 11) is 0. The molecule has 3 aromatic rings. The lowest BCUT2D eigenvalue weighted by Crippen LogP contribution is -2.55. The number of nitriles is 1. The van der Waals surface area contributed by atoms with Crippen molar-refractivity contribution in [2.75, 3.05) is 50.8 Å². The first-order valence-corrected chi connectivity index (χ1v) is 14.8. The van der Waals surface area contributed by atoms with Crippen molar-refractivity contribution in [1.82, 2.24) is 19.4 Å². The van der Waals surface area contributed by atoms with E-state index in [9.17, 15) is 19.2 Å². The van der Waals surface area contributed by atoms with Gasteiger partial charge in [0, 0.05) is 42.2 Å². The average Bonchev–Trinajstić information content (AvgIpc) is 2.96. The molecule has 2 aromatic carbocycles. The van der Waals surface area contributed by atoms with Gasteiger partial charge in [0.1, 0.15) is 24.1 Å². The summed E-state index contributed by atoms with van der Waals surface area (Å²) in [6.45, 7) is 7.75. The van der Waals surface area contributed by atoms with Gasteiger partial charge in [-0.05, 0) is 63.2 Å². The molecule has 0 radical (unpaired) electrons. The number of nitrogens with zero attached hydrogens (tertiary/aromatic N) is 6. The maximum atomic E-state index is 15.1. The number of carbonyl (C=O) groups is 1. The number of aromatic nitrogens is 2. The fraction of sp³-hybridized carbons (Fsp3) is 0.419. The van der Waals surface area contributed by atoms with E-state index >= 15 is 4.39 Å². The highest BCUT2D eigenvalue weighted by atomic mass is 35.5. The van der Waals surface area contributed by atoms with Crippen molar-refractivity contribution in [1.29, 1.82) is 5.26 Å². The van der Waals surface area contributed by atoms with Gasteiger partial charge in [0.15, 0.2) is 5.75 Å². The Morgan fingerprint density at radius 3 is 2.72 bits per heavy atom. The van der Waals surface area contributed by atoms with Crippen LogP contribution in [0, 0.1) is 23.0 Å². The zero-order valence-electron chi connectivity index (χ0n) is 23.6. The number of hydrogen-bond donors (Lipinski definition) is 0. The van der Waals surface area contributed by atoms with E-state index in [4.69, 9.17) is 16.3 Å². The molecule has 2 fully saturated rings. The molecule has 43 heavy (non-hydrogen) atoms. The lowest BCUT2D eigenvalue weighted by Gasteiger charge is -2.41. The predicted octanol–water partition coefficient (Wildman–Crippen LogP) is 4.53. The third kappa shape index (κ3) is 5.34. The molecule has 1 aromatic heterocycles. The van der Waals surface area contributed by atoms with Gasteiger partial charge in [0.05, 0.1) is 35.1 Å². The summed E-state index contributed by atoms with van der Waals surface area (Å²) in [5, 5.41) is 10.2. The summed E-state index contributed by atoms with van der Waals surface area (Å²) in [5.41, 5.74) is 0.261. The van der Waals surface area contributed by atoms with Gasteiger partial charge < -0.3 is 19.4 Å². The molecule has 0 aliphatic carbocycles. The molecule has 12 heteroatoms. The minimum atomic E-state index is -0.802. The van der Waals surface area contributed by atoms with Gasteiger partial charge in [-0.25, -0.2) is 13.6 Å². The zero-order chi connectivity index (χ0) is 30.2. The second-order valence-corrected chi connectivity index (χ2v) is 11.6. The number of hydrogen-bond acceptors (Lipinski definition) is 7. The first kappa shape index (κ1) is 29.1. The minimum Gasteiger partial charge on any atom is -0.488 e. The number of anilines is 1. The Labute approximate surface area is 252 Å². The van der Waals surface area contributed by atoms with Crippen LogP contribution in [0.4, 0.5) is 14.6 Å². The van der Waals surface area contributed by atoms with Crippen molar-refractivity contribution in [3.8, 4) is 22.9 Å². The Kier molecular flexibility index (Phi) is 8.07. The Hall–Kier alpha value is -4.01. The van der Waals surface area contributed by atoms with Crippen LogP contribution in [-0.2, 0) is 4.79 Å². The third-order valence-electron chi connectivity index (χ3n) is 8.61. The molecule has 6 rings (SSSR count). The standard InChI is InChI=1S/C31H31ClF2N6O3/c1-2-26(41)39-14-13-38(17-20(39)8-9-35)30-23-16-24(32)27(22-7-6-19(33)15-25(22)34)29-28(23)40(31(42)36-30)21(18-43-29)5-3-10-37-11-4-12-37/h2,6-7,15-16,20-21H,1,3-5,8,10-14,17-18H2/t20-,21?/m0/s1. The maximum Gasteiger partial charge on any atom is 0.350 e. The Morgan fingerprint density at radius 1 is 1.21 bits per heavy atom. The molecular formula is C31H31ClF2N6O3. The van der Waals surface area contributed by atoms with E-state index in [1.165, 1.54) is 18.6 Å². The number of amides is 1. The van der Waals surface area contributed by atoms with E-state index in [1.807, 2.05) is 4.90 Å². The SMILES string of the molecule is C=CC(=O)N1CCN(c2nc(=O)n3c4c(c(-c5ccc(F)cc5F)c(Cl)cc24)OCC3CCCN2CCC2)C[C@@H]1CC#N. The number of rotatable bonds is 8. The summed E-state index contributed by atoms with van der Waals surface area (Å²) in [6.07, 6.45) is 4.05. The molecule has 1 amide bonds. The van der Waals surface area contributed by atoms with Crippen molar-refractivity contribution in [2.45, 2.75) is 37.8 Å². The summed E-state index contributed by atoms with van der Waals surface area (Å²) in [6, 6.07) is 6.29. The summed E-state index contributed by atoms with van der Waals surface area (Å²) in [4.78, 5) is 36.7. The van der Waals surface area contributed by atoms with E-state index in [2.05, 4.69) is 22.5 Å². The number of likely N-dealkylation sites (tertiary alicyclic amines) is 1. The molecule has 1 unspecified atom stereocenters. The van der Waals surface area contributed by atoms with E-state index in [1.54, 1.807) is 15.5 Å². The molecular weight excluding hydrogens is 578 g/mol. The third-order valence-corrected chi connectivity index (χ3v) is 8.91. The first-order valence-electron chi connectivity index (χ1n) is 14.4. The summed E-state index contributed by atoms with van der Waals surface area (Å²) >= 11 is 6.81. The van der Waals surface area contributed by atoms with Crippen molar-refractivity contribution in [3.63, 3.8) is 0 Å². The lowest BCUT2D eigenvalue weighted by atomic mass is 9.98. The largest absolute Gasteiger partial charge is 0.488 e. The summed E-state index contributed by atoms with van der Waals surface area (Å²) < 4.78 is 36.8. The first-order chi connectivity index (χ1) is 20.8. The number of benzene rings is 2. The average molecular weight is 609 g/mol. The van der Waals surface area contributed by atoms with E-state index in [0.29, 0.717) is 36.2 Å². The zero-order valence-corrected chi connectivity index (χ0v) is 24.3. The topological polar surface area (TPSA) is 94.7 Å². The smallest absolute Gasteiger partial charge is 0.350 e. The molecule has 0 bridgehead atoms.